The molecule has 20 heavy (non-hydrogen) atoms. The van der Waals surface area contributed by atoms with Crippen LogP contribution in [0.15, 0.2) is 36.4 Å². The maximum atomic E-state index is 13.5. The predicted molar refractivity (Wildman–Crippen MR) is 71.3 cm³/mol. The standard InChI is InChI=1S/C14H10ClF2NO2/c15-9-1-4-12(16)8(5-9)7-20-14(19)11-3-2-10(18)6-13(11)17/h1-6H,7,18H2. The Morgan fingerprint density at radius 2 is 1.90 bits per heavy atom. The van der Waals surface area contributed by atoms with Crippen LogP contribution in [0.4, 0.5) is 14.5 Å². The first-order chi connectivity index (χ1) is 9.47. The third-order valence-corrected chi connectivity index (χ3v) is 2.81. The zero-order chi connectivity index (χ0) is 14.7. The summed E-state index contributed by atoms with van der Waals surface area (Å²) < 4.78 is 31.8. The van der Waals surface area contributed by atoms with Gasteiger partial charge in [-0.25, -0.2) is 13.6 Å². The number of carbonyl (C=O) groups excluding carboxylic acids is 1. The third-order valence-electron chi connectivity index (χ3n) is 2.58. The number of hydrogen-bond acceptors (Lipinski definition) is 3. The Labute approximate surface area is 118 Å². The molecule has 0 saturated carbocycles. The molecule has 2 N–H and O–H groups in total. The quantitative estimate of drug-likeness (QED) is 0.696. The zero-order valence-electron chi connectivity index (χ0n) is 10.2. The normalized spacial score (nSPS) is 10.3. The van der Waals surface area contributed by atoms with Crippen LogP contribution in [0.5, 0.6) is 0 Å². The Hall–Kier alpha value is -2.14. The molecular formula is C14H10ClF2NO2. The zero-order valence-corrected chi connectivity index (χ0v) is 11.0. The van der Waals surface area contributed by atoms with Crippen LogP contribution in [0.25, 0.3) is 0 Å². The van der Waals surface area contributed by atoms with E-state index in [-0.39, 0.29) is 23.4 Å². The van der Waals surface area contributed by atoms with E-state index in [0.29, 0.717) is 5.02 Å². The molecule has 104 valence electrons. The third kappa shape index (κ3) is 3.24. The van der Waals surface area contributed by atoms with Crippen LogP contribution in [0, 0.1) is 11.6 Å². The fourth-order valence-corrected chi connectivity index (χ4v) is 1.77. The minimum absolute atomic E-state index is 0.113. The highest BCUT2D eigenvalue weighted by molar-refractivity contribution is 6.30. The lowest BCUT2D eigenvalue weighted by Gasteiger charge is -2.07. The molecule has 0 fully saturated rings. The highest BCUT2D eigenvalue weighted by Gasteiger charge is 2.14. The van der Waals surface area contributed by atoms with Crippen molar-refractivity contribution >= 4 is 23.3 Å². The minimum Gasteiger partial charge on any atom is -0.457 e. The maximum absolute atomic E-state index is 13.5. The van der Waals surface area contributed by atoms with Crippen molar-refractivity contribution in [3.63, 3.8) is 0 Å². The van der Waals surface area contributed by atoms with Crippen LogP contribution >= 0.6 is 11.6 Å². The van der Waals surface area contributed by atoms with E-state index in [4.69, 9.17) is 22.1 Å². The first-order valence-electron chi connectivity index (χ1n) is 5.63. The van der Waals surface area contributed by atoms with Gasteiger partial charge in [-0.1, -0.05) is 11.6 Å². The topological polar surface area (TPSA) is 52.3 Å². The number of esters is 1. The van der Waals surface area contributed by atoms with Crippen molar-refractivity contribution in [1.29, 1.82) is 0 Å². The Balaban J connectivity index is 2.10. The highest BCUT2D eigenvalue weighted by atomic mass is 35.5. The summed E-state index contributed by atoms with van der Waals surface area (Å²) in [5.74, 6) is -2.25. The molecule has 0 amide bonds. The van der Waals surface area contributed by atoms with Gasteiger partial charge in [0.1, 0.15) is 18.2 Å². The van der Waals surface area contributed by atoms with E-state index in [2.05, 4.69) is 0 Å². The molecule has 2 aromatic carbocycles. The van der Waals surface area contributed by atoms with Crippen molar-refractivity contribution < 1.29 is 18.3 Å². The van der Waals surface area contributed by atoms with E-state index in [1.54, 1.807) is 0 Å². The van der Waals surface area contributed by atoms with Crippen molar-refractivity contribution in [1.82, 2.24) is 0 Å². The molecule has 2 rings (SSSR count). The Bertz CT molecular complexity index is 662. The van der Waals surface area contributed by atoms with Gasteiger partial charge in [0.15, 0.2) is 0 Å². The second-order valence-electron chi connectivity index (χ2n) is 4.05. The number of ether oxygens (including phenoxy) is 1. The molecule has 0 bridgehead atoms. The maximum Gasteiger partial charge on any atom is 0.341 e. The van der Waals surface area contributed by atoms with Crippen LogP contribution in [0.2, 0.25) is 5.02 Å². The van der Waals surface area contributed by atoms with Crippen LogP contribution in [-0.4, -0.2) is 5.97 Å². The average Bonchev–Trinajstić information content (AvgIpc) is 2.39. The van der Waals surface area contributed by atoms with Crippen LogP contribution < -0.4 is 5.73 Å². The summed E-state index contributed by atoms with van der Waals surface area (Å²) in [5.41, 5.74) is 5.42. The summed E-state index contributed by atoms with van der Waals surface area (Å²) in [6, 6.07) is 7.47. The number of rotatable bonds is 3. The van der Waals surface area contributed by atoms with Gasteiger partial charge in [-0.15, -0.1) is 0 Å². The van der Waals surface area contributed by atoms with Crippen molar-refractivity contribution in [2.45, 2.75) is 6.61 Å². The van der Waals surface area contributed by atoms with Gasteiger partial charge in [-0.2, -0.15) is 0 Å². The SMILES string of the molecule is Nc1ccc(C(=O)OCc2cc(Cl)ccc2F)c(F)c1. The molecule has 0 aromatic heterocycles. The molecule has 0 saturated heterocycles. The lowest BCUT2D eigenvalue weighted by Crippen LogP contribution is -2.08. The summed E-state index contributed by atoms with van der Waals surface area (Å²) in [7, 11) is 0. The number of halogens is 3. The van der Waals surface area contributed by atoms with Gasteiger partial charge in [0.05, 0.1) is 5.56 Å². The van der Waals surface area contributed by atoms with Crippen LogP contribution in [-0.2, 0) is 11.3 Å². The van der Waals surface area contributed by atoms with E-state index in [0.717, 1.165) is 12.1 Å². The molecule has 0 atom stereocenters. The summed E-state index contributed by atoms with van der Waals surface area (Å²) in [6.45, 7) is -0.338. The van der Waals surface area contributed by atoms with Crippen molar-refractivity contribution in [3.8, 4) is 0 Å². The second-order valence-corrected chi connectivity index (χ2v) is 4.49. The molecule has 0 heterocycles. The van der Waals surface area contributed by atoms with E-state index < -0.39 is 17.6 Å². The van der Waals surface area contributed by atoms with E-state index >= 15 is 0 Å². The summed E-state index contributed by atoms with van der Waals surface area (Å²) in [4.78, 5) is 11.7. The first kappa shape index (κ1) is 14.3. The predicted octanol–water partition coefficient (Wildman–Crippen LogP) is 3.56. The average molecular weight is 298 g/mol. The lowest BCUT2D eigenvalue weighted by atomic mass is 10.2. The first-order valence-corrected chi connectivity index (χ1v) is 6.01. The molecule has 2 aromatic rings. The van der Waals surface area contributed by atoms with Crippen LogP contribution in [0.3, 0.4) is 0 Å². The van der Waals surface area contributed by atoms with Gasteiger partial charge in [0.25, 0.3) is 0 Å². The number of nitrogen functional groups attached to an aromatic ring is 1. The van der Waals surface area contributed by atoms with E-state index in [1.165, 1.54) is 24.3 Å². The fourth-order valence-electron chi connectivity index (χ4n) is 1.57. The number of carbonyl (C=O) groups is 1. The molecule has 0 spiro atoms. The fraction of sp³-hybridized carbons (Fsp3) is 0.0714. The molecule has 0 aliphatic carbocycles. The molecule has 3 nitrogen and oxygen atoms in total. The number of anilines is 1. The van der Waals surface area contributed by atoms with Crippen molar-refractivity contribution in [2.24, 2.45) is 0 Å². The van der Waals surface area contributed by atoms with Gasteiger partial charge < -0.3 is 10.5 Å². The molecule has 0 aliphatic rings. The van der Waals surface area contributed by atoms with E-state index in [9.17, 15) is 13.6 Å². The minimum atomic E-state index is -0.901. The van der Waals surface area contributed by atoms with Gasteiger partial charge in [0, 0.05) is 16.3 Å². The Kier molecular flexibility index (Phi) is 4.20. The van der Waals surface area contributed by atoms with E-state index in [1.807, 2.05) is 0 Å². The summed E-state index contributed by atoms with van der Waals surface area (Å²) in [6.07, 6.45) is 0. The van der Waals surface area contributed by atoms with Crippen LogP contribution in [0.1, 0.15) is 15.9 Å². The Morgan fingerprint density at radius 1 is 1.15 bits per heavy atom. The molecule has 0 unspecified atom stereocenters. The van der Waals surface area contributed by atoms with Gasteiger partial charge in [-0.3, -0.25) is 0 Å². The smallest absolute Gasteiger partial charge is 0.341 e. The number of nitrogens with two attached hydrogens (primary N) is 1. The van der Waals surface area contributed by atoms with Crippen molar-refractivity contribution in [2.75, 3.05) is 5.73 Å². The molecular weight excluding hydrogens is 288 g/mol. The lowest BCUT2D eigenvalue weighted by molar-refractivity contribution is 0.0463. The number of hydrogen-bond donors (Lipinski definition) is 1. The summed E-state index contributed by atoms with van der Waals surface area (Å²) >= 11 is 5.71. The monoisotopic (exact) mass is 297 g/mol. The van der Waals surface area contributed by atoms with Gasteiger partial charge in [-0.05, 0) is 36.4 Å². The van der Waals surface area contributed by atoms with Gasteiger partial charge >= 0.3 is 5.97 Å². The highest BCUT2D eigenvalue weighted by Crippen LogP contribution is 2.17. The number of benzene rings is 2. The van der Waals surface area contributed by atoms with Gasteiger partial charge in [0.2, 0.25) is 0 Å². The molecule has 6 heteroatoms. The van der Waals surface area contributed by atoms with Crippen molar-refractivity contribution in [3.05, 3.63) is 64.2 Å². The summed E-state index contributed by atoms with van der Waals surface area (Å²) in [5, 5.41) is 0.316. The second kappa shape index (κ2) is 5.88. The largest absolute Gasteiger partial charge is 0.457 e. The molecule has 0 aliphatic heterocycles. The molecule has 0 radical (unpaired) electrons. The Morgan fingerprint density at radius 3 is 2.60 bits per heavy atom.